The molecule has 206 valence electrons. The van der Waals surface area contributed by atoms with Crippen molar-refractivity contribution in [2.24, 2.45) is 5.16 Å². The summed E-state index contributed by atoms with van der Waals surface area (Å²) in [5.74, 6) is -4.19. The number of carbonyl (C=O) groups excluding carboxylic acids is 5. The van der Waals surface area contributed by atoms with Gasteiger partial charge >= 0.3 is 11.9 Å². The van der Waals surface area contributed by atoms with Crippen molar-refractivity contribution in [3.8, 4) is 0 Å². The van der Waals surface area contributed by atoms with E-state index < -0.39 is 69.7 Å². The number of methoxy groups -OCH3 is 1. The number of nitrogens with zero attached hydrogens (tertiary/aromatic N) is 2. The number of carbonyl (C=O) groups is 5. The van der Waals surface area contributed by atoms with E-state index in [9.17, 15) is 32.4 Å². The number of nitrogens with one attached hydrogen (secondary N) is 1. The molecule has 2 heterocycles. The number of amides is 2. The van der Waals surface area contributed by atoms with Crippen molar-refractivity contribution in [2.75, 3.05) is 39.4 Å². The number of β-lactam (4-membered cyclic amide) rings is 1. The maximum absolute atomic E-state index is 13.0. The van der Waals surface area contributed by atoms with Crippen molar-refractivity contribution in [3.63, 3.8) is 0 Å². The van der Waals surface area contributed by atoms with Crippen LogP contribution in [0, 0.1) is 0 Å². The third-order valence-electron chi connectivity index (χ3n) is 4.77. The number of esters is 2. The molecule has 0 radical (unpaired) electrons. The van der Waals surface area contributed by atoms with E-state index in [4.69, 9.17) is 14.2 Å². The number of thioether (sulfide) groups is 1. The largest absolute Gasteiger partial charge is 0.425 e. The summed E-state index contributed by atoms with van der Waals surface area (Å²) in [6.07, 6.45) is -0.427. The van der Waals surface area contributed by atoms with Crippen LogP contribution in [0.2, 0.25) is 0 Å². The standard InChI is InChI=1S/C20H27N3O12S2/c1-6-13(25)34-10(2)35-20(28)16-11(7-31-3)9-36-19-15(18(27)23(16)19)21-17(26)14(22-32-4)12(24)8-33-37(5,29)30/h10,15,19H,6-9H2,1-5H3,(H,21,26)/t10?,15?,19-/m1/s1. The topological polar surface area (TPSA) is 193 Å². The van der Waals surface area contributed by atoms with Crippen LogP contribution >= 0.6 is 11.8 Å². The molecule has 0 aromatic rings. The van der Waals surface area contributed by atoms with Gasteiger partial charge in [0.25, 0.3) is 21.9 Å². The first-order chi connectivity index (χ1) is 17.3. The van der Waals surface area contributed by atoms with Gasteiger partial charge in [-0.15, -0.1) is 11.8 Å². The van der Waals surface area contributed by atoms with E-state index in [2.05, 4.69) is 19.5 Å². The third-order valence-corrected chi connectivity index (χ3v) is 6.66. The lowest BCUT2D eigenvalue weighted by Crippen LogP contribution is -2.71. The second-order valence-corrected chi connectivity index (χ2v) is 10.3. The molecule has 3 atom stereocenters. The molecule has 0 bridgehead atoms. The Kier molecular flexibility index (Phi) is 10.6. The van der Waals surface area contributed by atoms with Gasteiger partial charge in [-0.1, -0.05) is 12.1 Å². The fraction of sp³-hybridized carbons (Fsp3) is 0.600. The molecule has 1 fully saturated rings. The first kappa shape index (κ1) is 30.2. The van der Waals surface area contributed by atoms with E-state index in [0.29, 0.717) is 5.57 Å². The number of hydrogen-bond donors (Lipinski definition) is 1. The normalized spacial score (nSPS) is 20.4. The Labute approximate surface area is 216 Å². The predicted octanol–water partition coefficient (Wildman–Crippen LogP) is -1.32. The molecule has 2 aliphatic rings. The minimum absolute atomic E-state index is 0.00751. The van der Waals surface area contributed by atoms with E-state index in [-0.39, 0.29) is 24.5 Å². The Morgan fingerprint density at radius 3 is 2.46 bits per heavy atom. The minimum atomic E-state index is -3.98. The Bertz CT molecular complexity index is 1120. The fourth-order valence-corrected chi connectivity index (χ4v) is 4.85. The first-order valence-corrected chi connectivity index (χ1v) is 13.6. The number of rotatable bonds is 13. The first-order valence-electron chi connectivity index (χ1n) is 10.7. The summed E-state index contributed by atoms with van der Waals surface area (Å²) in [5, 5.41) is 4.91. The van der Waals surface area contributed by atoms with Gasteiger partial charge in [0.2, 0.25) is 17.8 Å². The van der Waals surface area contributed by atoms with E-state index in [1.54, 1.807) is 6.92 Å². The average Bonchev–Trinajstić information content (AvgIpc) is 2.83. The highest BCUT2D eigenvalue weighted by Crippen LogP contribution is 2.40. The maximum Gasteiger partial charge on any atom is 0.358 e. The van der Waals surface area contributed by atoms with Crippen LogP contribution in [0.3, 0.4) is 0 Å². The second kappa shape index (κ2) is 13.0. The van der Waals surface area contributed by atoms with Gasteiger partial charge in [0.1, 0.15) is 30.8 Å². The van der Waals surface area contributed by atoms with Crippen LogP contribution in [0.15, 0.2) is 16.4 Å². The van der Waals surface area contributed by atoms with Gasteiger partial charge < -0.3 is 24.4 Å². The number of ketones is 1. The smallest absolute Gasteiger partial charge is 0.358 e. The average molecular weight is 566 g/mol. The van der Waals surface area contributed by atoms with Crippen molar-refractivity contribution in [1.82, 2.24) is 10.2 Å². The number of Topliss-reactive ketones (excluding diaryl/α,β-unsaturated/α-hetero) is 1. The highest BCUT2D eigenvalue weighted by molar-refractivity contribution is 8.00. The second-order valence-electron chi connectivity index (χ2n) is 7.57. The zero-order valence-corrected chi connectivity index (χ0v) is 22.3. The van der Waals surface area contributed by atoms with Crippen LogP contribution in [0.4, 0.5) is 0 Å². The van der Waals surface area contributed by atoms with Crippen LogP contribution in [0.1, 0.15) is 20.3 Å². The molecular weight excluding hydrogens is 538 g/mol. The molecule has 17 heteroatoms. The van der Waals surface area contributed by atoms with Crippen molar-refractivity contribution >= 4 is 57.1 Å². The predicted molar refractivity (Wildman–Crippen MR) is 126 cm³/mol. The van der Waals surface area contributed by atoms with E-state index >= 15 is 0 Å². The van der Waals surface area contributed by atoms with Crippen molar-refractivity contribution in [1.29, 1.82) is 0 Å². The van der Waals surface area contributed by atoms with Crippen LogP contribution < -0.4 is 5.32 Å². The molecule has 2 aliphatic heterocycles. The third kappa shape index (κ3) is 7.73. The lowest BCUT2D eigenvalue weighted by atomic mass is 10.0. The van der Waals surface area contributed by atoms with Gasteiger partial charge in [0.05, 0.1) is 12.9 Å². The zero-order valence-electron chi connectivity index (χ0n) is 20.7. The summed E-state index contributed by atoms with van der Waals surface area (Å²) in [6.45, 7) is 1.92. The zero-order chi connectivity index (χ0) is 27.9. The molecule has 0 aromatic heterocycles. The van der Waals surface area contributed by atoms with Gasteiger partial charge in [-0.2, -0.15) is 8.42 Å². The van der Waals surface area contributed by atoms with Crippen molar-refractivity contribution < 1.29 is 55.6 Å². The Balaban J connectivity index is 2.18. The Morgan fingerprint density at radius 1 is 1.22 bits per heavy atom. The monoisotopic (exact) mass is 565 g/mol. The highest BCUT2D eigenvalue weighted by atomic mass is 32.2. The van der Waals surface area contributed by atoms with Crippen molar-refractivity contribution in [3.05, 3.63) is 11.3 Å². The summed E-state index contributed by atoms with van der Waals surface area (Å²) in [5.41, 5.74) is -0.487. The molecule has 1 N–H and O–H groups in total. The highest BCUT2D eigenvalue weighted by Gasteiger charge is 2.55. The molecule has 0 aromatic carbocycles. The van der Waals surface area contributed by atoms with Gasteiger partial charge in [0.15, 0.2) is 0 Å². The molecule has 0 aliphatic carbocycles. The summed E-state index contributed by atoms with van der Waals surface area (Å²) >= 11 is 1.22. The molecule has 1 saturated heterocycles. The molecule has 0 spiro atoms. The molecule has 15 nitrogen and oxygen atoms in total. The molecule has 2 rings (SSSR count). The number of oxime groups is 1. The fourth-order valence-electron chi connectivity index (χ4n) is 3.20. The van der Waals surface area contributed by atoms with Gasteiger partial charge in [-0.05, 0) is 5.57 Å². The van der Waals surface area contributed by atoms with Crippen molar-refractivity contribution in [2.45, 2.75) is 38.0 Å². The molecule has 0 saturated carbocycles. The van der Waals surface area contributed by atoms with Crippen LogP contribution in [-0.2, 0) is 57.3 Å². The van der Waals surface area contributed by atoms with Gasteiger partial charge in [-0.25, -0.2) is 4.79 Å². The molecule has 2 unspecified atom stereocenters. The summed E-state index contributed by atoms with van der Waals surface area (Å²) in [7, 11) is -1.51. The quantitative estimate of drug-likeness (QED) is 0.0526. The molecule has 2 amide bonds. The summed E-state index contributed by atoms with van der Waals surface area (Å²) in [4.78, 5) is 67.9. The minimum Gasteiger partial charge on any atom is -0.425 e. The molecule has 37 heavy (non-hydrogen) atoms. The van der Waals surface area contributed by atoms with E-state index in [1.807, 2.05) is 0 Å². The number of fused-ring (bicyclic) bond motifs is 1. The number of ether oxygens (including phenoxy) is 3. The maximum atomic E-state index is 13.0. The molecular formula is C20H27N3O12S2. The Hall–Kier alpha value is -3.02. The van der Waals surface area contributed by atoms with E-state index in [0.717, 1.165) is 18.3 Å². The lowest BCUT2D eigenvalue weighted by molar-refractivity contribution is -0.184. The lowest BCUT2D eigenvalue weighted by Gasteiger charge is -2.49. The van der Waals surface area contributed by atoms with Crippen LogP contribution in [-0.4, -0.2) is 106 Å². The Morgan fingerprint density at radius 2 is 1.89 bits per heavy atom. The number of hydrogen-bond acceptors (Lipinski definition) is 14. The summed E-state index contributed by atoms with van der Waals surface area (Å²) in [6, 6.07) is -1.16. The SMILES string of the molecule is CCC(=O)OC(C)OC(=O)C1=C(COC)CS[C@@H]2C(NC(=O)C(=NOC)C(=O)COS(C)(=O)=O)C(=O)N12. The summed E-state index contributed by atoms with van der Waals surface area (Å²) < 4.78 is 41.9. The van der Waals surface area contributed by atoms with Crippen LogP contribution in [0.5, 0.6) is 0 Å². The van der Waals surface area contributed by atoms with Gasteiger partial charge in [-0.3, -0.25) is 28.3 Å². The van der Waals surface area contributed by atoms with Gasteiger partial charge in [0, 0.05) is 26.2 Å². The van der Waals surface area contributed by atoms with E-state index in [1.165, 1.54) is 25.8 Å². The van der Waals surface area contributed by atoms with Crippen LogP contribution in [0.25, 0.3) is 0 Å².